The van der Waals surface area contributed by atoms with E-state index in [0.717, 1.165) is 11.1 Å². The molecule has 0 fully saturated rings. The zero-order valence-corrected chi connectivity index (χ0v) is 13.0. The molecule has 1 aromatic carbocycles. The number of nitrogens with zero attached hydrogens (tertiary/aromatic N) is 2. The fourth-order valence-electron chi connectivity index (χ4n) is 2.11. The van der Waals surface area contributed by atoms with Gasteiger partial charge in [-0.2, -0.15) is 8.42 Å². The first-order valence-corrected chi connectivity index (χ1v) is 8.18. The van der Waals surface area contributed by atoms with Gasteiger partial charge in [0.2, 0.25) is 0 Å². The normalized spacial score (nSPS) is 11.4. The highest BCUT2D eigenvalue weighted by Gasteiger charge is 2.25. The van der Waals surface area contributed by atoms with Gasteiger partial charge in [-0.3, -0.25) is 4.31 Å². The van der Waals surface area contributed by atoms with Crippen molar-refractivity contribution in [2.24, 2.45) is 5.73 Å². The highest BCUT2D eigenvalue weighted by molar-refractivity contribution is 7.92. The molecule has 1 heterocycles. The number of aryl methyl sites for hydroxylation is 1. The molecule has 0 radical (unpaired) electrons. The molecular formula is C15H19N3O2S. The van der Waals surface area contributed by atoms with E-state index in [1.807, 2.05) is 25.1 Å². The Morgan fingerprint density at radius 2 is 1.90 bits per heavy atom. The van der Waals surface area contributed by atoms with Crippen LogP contribution < -0.4 is 10.0 Å². The summed E-state index contributed by atoms with van der Waals surface area (Å²) < 4.78 is 26.9. The maximum atomic E-state index is 12.7. The van der Waals surface area contributed by atoms with Crippen molar-refractivity contribution in [3.8, 4) is 0 Å². The molecule has 0 spiro atoms. The minimum Gasteiger partial charge on any atom is -0.326 e. The largest absolute Gasteiger partial charge is 0.326 e. The maximum Gasteiger partial charge on any atom is 0.281 e. The lowest BCUT2D eigenvalue weighted by atomic mass is 10.2. The minimum atomic E-state index is -3.67. The Bertz CT molecular complexity index is 712. The van der Waals surface area contributed by atoms with Crippen molar-refractivity contribution in [2.75, 3.05) is 10.8 Å². The van der Waals surface area contributed by atoms with Crippen LogP contribution in [0.15, 0.2) is 47.6 Å². The molecule has 112 valence electrons. The lowest BCUT2D eigenvalue weighted by Crippen LogP contribution is -2.32. The van der Waals surface area contributed by atoms with Crippen LogP contribution in [0.25, 0.3) is 0 Å². The molecule has 2 N–H and O–H groups in total. The quantitative estimate of drug-likeness (QED) is 0.917. The summed E-state index contributed by atoms with van der Waals surface area (Å²) >= 11 is 0. The first-order valence-electron chi connectivity index (χ1n) is 6.74. The Kier molecular flexibility index (Phi) is 4.59. The van der Waals surface area contributed by atoms with Gasteiger partial charge in [0.1, 0.15) is 0 Å². The lowest BCUT2D eigenvalue weighted by Gasteiger charge is -2.24. The number of aromatic nitrogens is 1. The molecule has 0 amide bonds. The van der Waals surface area contributed by atoms with Crippen LogP contribution in [-0.2, 0) is 16.6 Å². The zero-order valence-electron chi connectivity index (χ0n) is 12.2. The van der Waals surface area contributed by atoms with E-state index in [9.17, 15) is 8.42 Å². The molecule has 0 aliphatic carbocycles. The van der Waals surface area contributed by atoms with E-state index in [1.165, 1.54) is 16.6 Å². The lowest BCUT2D eigenvalue weighted by molar-refractivity contribution is 0.588. The SMILES string of the molecule is CCN(c1ccccc1C)S(=O)(=O)c1ccc(CN)cn1. The summed E-state index contributed by atoms with van der Waals surface area (Å²) in [6, 6.07) is 10.6. The number of benzene rings is 1. The third-order valence-corrected chi connectivity index (χ3v) is 5.06. The standard InChI is InChI=1S/C15H19N3O2S/c1-3-18(14-7-5-4-6-12(14)2)21(19,20)15-9-8-13(10-16)11-17-15/h4-9,11H,3,10,16H2,1-2H3. The van der Waals surface area contributed by atoms with E-state index < -0.39 is 10.0 Å². The molecule has 2 rings (SSSR count). The molecule has 0 unspecified atom stereocenters. The molecule has 0 atom stereocenters. The Balaban J connectivity index is 2.47. The Labute approximate surface area is 125 Å². The van der Waals surface area contributed by atoms with E-state index in [4.69, 9.17) is 5.73 Å². The molecule has 0 saturated carbocycles. The summed E-state index contributed by atoms with van der Waals surface area (Å²) in [6.07, 6.45) is 1.50. The first kappa shape index (κ1) is 15.5. The van der Waals surface area contributed by atoms with Crippen molar-refractivity contribution in [2.45, 2.75) is 25.4 Å². The van der Waals surface area contributed by atoms with Crippen LogP contribution in [0.1, 0.15) is 18.1 Å². The third-order valence-electron chi connectivity index (χ3n) is 3.26. The number of anilines is 1. The van der Waals surface area contributed by atoms with Crippen molar-refractivity contribution in [3.63, 3.8) is 0 Å². The van der Waals surface area contributed by atoms with Crippen LogP contribution in [0.3, 0.4) is 0 Å². The fraction of sp³-hybridized carbons (Fsp3) is 0.267. The number of hydrogen-bond donors (Lipinski definition) is 1. The molecule has 0 bridgehead atoms. The second-order valence-corrected chi connectivity index (χ2v) is 6.47. The summed E-state index contributed by atoms with van der Waals surface area (Å²) in [7, 11) is -3.67. The van der Waals surface area contributed by atoms with Gasteiger partial charge in [-0.1, -0.05) is 24.3 Å². The molecule has 2 aromatic rings. The van der Waals surface area contributed by atoms with E-state index in [1.54, 1.807) is 19.1 Å². The number of hydrogen-bond acceptors (Lipinski definition) is 4. The summed E-state index contributed by atoms with van der Waals surface area (Å²) in [5, 5.41) is 0.0322. The Morgan fingerprint density at radius 1 is 1.19 bits per heavy atom. The van der Waals surface area contributed by atoms with Crippen LogP contribution in [0.5, 0.6) is 0 Å². The molecule has 0 aliphatic heterocycles. The van der Waals surface area contributed by atoms with Crippen molar-refractivity contribution >= 4 is 15.7 Å². The van der Waals surface area contributed by atoms with E-state index in [-0.39, 0.29) is 5.03 Å². The van der Waals surface area contributed by atoms with Gasteiger partial charge in [0.15, 0.2) is 5.03 Å². The first-order chi connectivity index (χ1) is 10.0. The molecule has 1 aromatic heterocycles. The third kappa shape index (κ3) is 3.06. The van der Waals surface area contributed by atoms with Crippen LogP contribution in [0.4, 0.5) is 5.69 Å². The van der Waals surface area contributed by atoms with Gasteiger partial charge in [-0.25, -0.2) is 4.98 Å². The molecule has 5 nitrogen and oxygen atoms in total. The number of nitrogens with two attached hydrogens (primary N) is 1. The number of rotatable bonds is 5. The molecule has 0 aliphatic rings. The minimum absolute atomic E-state index is 0.0322. The highest BCUT2D eigenvalue weighted by atomic mass is 32.2. The number of pyridine rings is 1. The second kappa shape index (κ2) is 6.24. The molecule has 0 saturated heterocycles. The average Bonchev–Trinajstić information content (AvgIpc) is 2.50. The van der Waals surface area contributed by atoms with Crippen LogP contribution in [-0.4, -0.2) is 19.9 Å². The van der Waals surface area contributed by atoms with E-state index >= 15 is 0 Å². The van der Waals surface area contributed by atoms with Gasteiger partial charge in [-0.05, 0) is 37.1 Å². The van der Waals surface area contributed by atoms with Crippen molar-refractivity contribution in [1.82, 2.24) is 4.98 Å². The predicted octanol–water partition coefficient (Wildman–Crippen LogP) is 2.06. The zero-order chi connectivity index (χ0) is 15.5. The van der Waals surface area contributed by atoms with Gasteiger partial charge in [-0.15, -0.1) is 0 Å². The predicted molar refractivity (Wildman–Crippen MR) is 83.5 cm³/mol. The summed E-state index contributed by atoms with van der Waals surface area (Å²) in [5.74, 6) is 0. The summed E-state index contributed by atoms with van der Waals surface area (Å²) in [4.78, 5) is 4.04. The Morgan fingerprint density at radius 3 is 2.43 bits per heavy atom. The van der Waals surface area contributed by atoms with E-state index in [2.05, 4.69) is 4.98 Å². The highest BCUT2D eigenvalue weighted by Crippen LogP contribution is 2.25. The van der Waals surface area contributed by atoms with Crippen LogP contribution in [0, 0.1) is 6.92 Å². The molecule has 6 heteroatoms. The molecular weight excluding hydrogens is 286 g/mol. The van der Waals surface area contributed by atoms with Gasteiger partial charge < -0.3 is 5.73 Å². The fourth-order valence-corrected chi connectivity index (χ4v) is 3.57. The maximum absolute atomic E-state index is 12.7. The van der Waals surface area contributed by atoms with Crippen LogP contribution >= 0.6 is 0 Å². The van der Waals surface area contributed by atoms with E-state index in [0.29, 0.717) is 18.8 Å². The summed E-state index contributed by atoms with van der Waals surface area (Å²) in [6.45, 7) is 4.37. The smallest absolute Gasteiger partial charge is 0.281 e. The van der Waals surface area contributed by atoms with Crippen molar-refractivity contribution < 1.29 is 8.42 Å². The summed E-state index contributed by atoms with van der Waals surface area (Å²) in [5.41, 5.74) is 7.88. The van der Waals surface area contributed by atoms with Gasteiger partial charge >= 0.3 is 0 Å². The number of sulfonamides is 1. The number of para-hydroxylation sites is 1. The van der Waals surface area contributed by atoms with Crippen molar-refractivity contribution in [3.05, 3.63) is 53.7 Å². The van der Waals surface area contributed by atoms with Gasteiger partial charge in [0, 0.05) is 19.3 Å². The van der Waals surface area contributed by atoms with Crippen molar-refractivity contribution in [1.29, 1.82) is 0 Å². The second-order valence-electron chi connectivity index (χ2n) is 4.67. The topological polar surface area (TPSA) is 76.3 Å². The molecule has 21 heavy (non-hydrogen) atoms. The Hall–Kier alpha value is -1.92. The average molecular weight is 305 g/mol. The van der Waals surface area contributed by atoms with Crippen LogP contribution in [0.2, 0.25) is 0 Å². The van der Waals surface area contributed by atoms with Gasteiger partial charge in [0.05, 0.1) is 5.69 Å². The monoisotopic (exact) mass is 305 g/mol. The van der Waals surface area contributed by atoms with Gasteiger partial charge in [0.25, 0.3) is 10.0 Å².